The number of imidazole rings is 1. The number of hydrogen-bond acceptors (Lipinski definition) is 1. The Morgan fingerprint density at radius 3 is 2.09 bits per heavy atom. The van der Waals surface area contributed by atoms with Crippen molar-refractivity contribution in [1.29, 1.82) is 0 Å². The van der Waals surface area contributed by atoms with E-state index in [1.165, 1.54) is 88.3 Å². The first-order valence-corrected chi connectivity index (χ1v) is 18.5. The van der Waals surface area contributed by atoms with Crippen LogP contribution in [0.5, 0.6) is 0 Å². The summed E-state index contributed by atoms with van der Waals surface area (Å²) in [7, 11) is 0. The number of hydrogen-bond donors (Lipinski definition) is 0. The summed E-state index contributed by atoms with van der Waals surface area (Å²) in [6, 6.07) is 56.3. The molecule has 0 amide bonds. The van der Waals surface area contributed by atoms with Crippen molar-refractivity contribution in [3.8, 4) is 16.8 Å². The SMILES string of the molecule is C/C=C\C1=C(C)c2ccc(-c3ccc4c5ccccc5n5c6ccccc6nc5c4c3)cc2C12c1ccccc1-n1c3ccccc3c3cccc2c31. The second-order valence-corrected chi connectivity index (χ2v) is 14.7. The van der Waals surface area contributed by atoms with Crippen molar-refractivity contribution >= 4 is 65.7 Å². The molecule has 0 fully saturated rings. The Morgan fingerprint density at radius 1 is 0.547 bits per heavy atom. The maximum absolute atomic E-state index is 5.23. The summed E-state index contributed by atoms with van der Waals surface area (Å²) in [5.74, 6) is 0. The van der Waals surface area contributed by atoms with Gasteiger partial charge in [-0.2, -0.15) is 0 Å². The summed E-state index contributed by atoms with van der Waals surface area (Å²) < 4.78 is 4.85. The van der Waals surface area contributed by atoms with Crippen molar-refractivity contribution in [1.82, 2.24) is 14.0 Å². The molecule has 1 spiro atoms. The molecule has 4 heterocycles. The molecule has 10 aromatic rings. The maximum Gasteiger partial charge on any atom is 0.146 e. The molecule has 3 aromatic heterocycles. The van der Waals surface area contributed by atoms with Gasteiger partial charge in [0.2, 0.25) is 0 Å². The van der Waals surface area contributed by atoms with Gasteiger partial charge in [0.05, 0.1) is 38.7 Å². The van der Waals surface area contributed by atoms with E-state index in [0.717, 1.165) is 22.1 Å². The average molecular weight is 676 g/mol. The van der Waals surface area contributed by atoms with Gasteiger partial charge in [0.25, 0.3) is 0 Å². The highest BCUT2D eigenvalue weighted by Gasteiger charge is 2.50. The van der Waals surface area contributed by atoms with Gasteiger partial charge in [-0.1, -0.05) is 121 Å². The van der Waals surface area contributed by atoms with Crippen LogP contribution >= 0.6 is 0 Å². The summed E-state index contributed by atoms with van der Waals surface area (Å²) >= 11 is 0. The van der Waals surface area contributed by atoms with Gasteiger partial charge in [-0.25, -0.2) is 4.98 Å². The number of pyridine rings is 1. The fourth-order valence-electron chi connectivity index (χ4n) is 10.1. The molecular formula is C50H33N3. The van der Waals surface area contributed by atoms with Crippen molar-refractivity contribution in [2.75, 3.05) is 0 Å². The summed E-state index contributed by atoms with van der Waals surface area (Å²) in [4.78, 5) is 5.23. The zero-order chi connectivity index (χ0) is 35.0. The molecule has 248 valence electrons. The first-order chi connectivity index (χ1) is 26.2. The van der Waals surface area contributed by atoms with Gasteiger partial charge in [0.15, 0.2) is 0 Å². The molecule has 7 aromatic carbocycles. The van der Waals surface area contributed by atoms with Crippen LogP contribution in [0.3, 0.4) is 0 Å². The van der Waals surface area contributed by atoms with Crippen molar-refractivity contribution in [2.24, 2.45) is 0 Å². The zero-order valence-corrected chi connectivity index (χ0v) is 29.4. The van der Waals surface area contributed by atoms with Crippen LogP contribution in [0.2, 0.25) is 0 Å². The molecule has 1 atom stereocenters. The van der Waals surface area contributed by atoms with E-state index in [2.05, 4.69) is 187 Å². The minimum Gasteiger partial charge on any atom is -0.309 e. The molecule has 1 aliphatic carbocycles. The minimum atomic E-state index is -0.483. The quantitative estimate of drug-likeness (QED) is 0.167. The Balaban J connectivity index is 1.18. The van der Waals surface area contributed by atoms with Crippen LogP contribution < -0.4 is 0 Å². The van der Waals surface area contributed by atoms with Gasteiger partial charge in [0.1, 0.15) is 5.65 Å². The van der Waals surface area contributed by atoms with Gasteiger partial charge in [-0.15, -0.1) is 0 Å². The smallest absolute Gasteiger partial charge is 0.146 e. The molecule has 0 bridgehead atoms. The number of aromatic nitrogens is 3. The predicted octanol–water partition coefficient (Wildman–Crippen LogP) is 12.6. The summed E-state index contributed by atoms with van der Waals surface area (Å²) in [6.07, 6.45) is 4.58. The van der Waals surface area contributed by atoms with E-state index in [-0.39, 0.29) is 0 Å². The van der Waals surface area contributed by atoms with E-state index in [4.69, 9.17) is 4.98 Å². The van der Waals surface area contributed by atoms with Crippen LogP contribution in [-0.2, 0) is 5.41 Å². The highest BCUT2D eigenvalue weighted by atomic mass is 15.0. The lowest BCUT2D eigenvalue weighted by atomic mass is 9.64. The third kappa shape index (κ3) is 3.47. The lowest BCUT2D eigenvalue weighted by molar-refractivity contribution is 0.742. The normalized spacial score (nSPS) is 16.4. The second-order valence-electron chi connectivity index (χ2n) is 14.7. The Hall–Kier alpha value is -6.71. The van der Waals surface area contributed by atoms with Crippen LogP contribution in [-0.4, -0.2) is 14.0 Å². The Bertz CT molecular complexity index is 3310. The van der Waals surface area contributed by atoms with Crippen LogP contribution in [0.25, 0.3) is 82.5 Å². The first-order valence-electron chi connectivity index (χ1n) is 18.5. The van der Waals surface area contributed by atoms with Gasteiger partial charge in [0, 0.05) is 21.5 Å². The summed E-state index contributed by atoms with van der Waals surface area (Å²) in [5.41, 5.74) is 18.0. The molecule has 0 saturated heterocycles. The average Bonchev–Trinajstić information content (AvgIpc) is 3.85. The number of allylic oxidation sites excluding steroid dienone is 4. The standard InChI is InChI=1S/C50H33N3/c1-3-13-39-30(2)33-26-24-32(31-25-27-34-35-14-4-9-21-45(35)53-47-23-11-7-19-43(47)51-49(53)38(34)28-31)29-42(33)50(39)40-17-6-10-22-46(40)52-44-20-8-5-15-36(44)37-16-12-18-41(50)48(37)52/h3-29H,1-2H3/b13-3-. The molecule has 12 rings (SSSR count). The van der Waals surface area contributed by atoms with Crippen molar-refractivity contribution in [3.63, 3.8) is 0 Å². The third-order valence-corrected chi connectivity index (χ3v) is 12.2. The molecule has 0 N–H and O–H groups in total. The largest absolute Gasteiger partial charge is 0.309 e. The van der Waals surface area contributed by atoms with E-state index < -0.39 is 5.41 Å². The highest BCUT2D eigenvalue weighted by Crippen LogP contribution is 2.60. The van der Waals surface area contributed by atoms with Gasteiger partial charge in [-0.05, 0) is 106 Å². The van der Waals surface area contributed by atoms with Crippen molar-refractivity contribution in [3.05, 3.63) is 192 Å². The number of para-hydroxylation sites is 6. The van der Waals surface area contributed by atoms with E-state index in [1.54, 1.807) is 0 Å². The molecule has 2 aliphatic rings. The number of rotatable bonds is 2. The summed E-state index contributed by atoms with van der Waals surface area (Å²) in [5, 5.41) is 6.20. The highest BCUT2D eigenvalue weighted by molar-refractivity contribution is 6.15. The second kappa shape index (κ2) is 10.2. The lowest BCUT2D eigenvalue weighted by Gasteiger charge is -2.40. The van der Waals surface area contributed by atoms with Crippen LogP contribution in [0, 0.1) is 0 Å². The lowest BCUT2D eigenvalue weighted by Crippen LogP contribution is -2.34. The Labute approximate surface area is 306 Å². The number of fused-ring (bicyclic) bond motifs is 17. The third-order valence-electron chi connectivity index (χ3n) is 12.2. The fourth-order valence-corrected chi connectivity index (χ4v) is 10.1. The zero-order valence-electron chi connectivity index (χ0n) is 29.4. The molecule has 0 saturated carbocycles. The molecule has 1 unspecified atom stereocenters. The van der Waals surface area contributed by atoms with Crippen molar-refractivity contribution in [2.45, 2.75) is 19.3 Å². The van der Waals surface area contributed by atoms with Gasteiger partial charge >= 0.3 is 0 Å². The van der Waals surface area contributed by atoms with Gasteiger partial charge in [-0.3, -0.25) is 4.40 Å². The van der Waals surface area contributed by atoms with E-state index in [1.807, 2.05) is 0 Å². The Kier molecular flexibility index (Phi) is 5.57. The molecule has 3 heteroatoms. The van der Waals surface area contributed by atoms with Gasteiger partial charge < -0.3 is 4.57 Å². The monoisotopic (exact) mass is 675 g/mol. The molecule has 1 aliphatic heterocycles. The van der Waals surface area contributed by atoms with E-state index in [0.29, 0.717) is 0 Å². The fraction of sp³-hybridized carbons (Fsp3) is 0.0600. The predicted molar refractivity (Wildman–Crippen MR) is 221 cm³/mol. The molecule has 53 heavy (non-hydrogen) atoms. The maximum atomic E-state index is 5.23. The molecular weight excluding hydrogens is 643 g/mol. The Morgan fingerprint density at radius 2 is 1.23 bits per heavy atom. The molecule has 0 radical (unpaired) electrons. The number of benzene rings is 7. The van der Waals surface area contributed by atoms with E-state index >= 15 is 0 Å². The van der Waals surface area contributed by atoms with Crippen LogP contribution in [0.1, 0.15) is 36.1 Å². The first kappa shape index (κ1) is 28.9. The number of nitrogens with zero attached hydrogens (tertiary/aromatic N) is 3. The molecule has 3 nitrogen and oxygen atoms in total. The van der Waals surface area contributed by atoms with E-state index in [9.17, 15) is 0 Å². The summed E-state index contributed by atoms with van der Waals surface area (Å²) in [6.45, 7) is 4.46. The van der Waals surface area contributed by atoms with Crippen molar-refractivity contribution < 1.29 is 0 Å². The topological polar surface area (TPSA) is 22.2 Å². The van der Waals surface area contributed by atoms with Crippen LogP contribution in [0.15, 0.2) is 169 Å². The minimum absolute atomic E-state index is 0.483. The van der Waals surface area contributed by atoms with Crippen LogP contribution in [0.4, 0.5) is 0 Å².